The van der Waals surface area contributed by atoms with Gasteiger partial charge < -0.3 is 15.8 Å². The van der Waals surface area contributed by atoms with E-state index in [1.165, 1.54) is 7.11 Å². The Kier molecular flexibility index (Phi) is 3.88. The summed E-state index contributed by atoms with van der Waals surface area (Å²) in [5, 5.41) is 6.17. The molecule has 0 spiro atoms. The molecule has 2 heterocycles. The van der Waals surface area contributed by atoms with Crippen molar-refractivity contribution < 1.29 is 4.74 Å². The zero-order chi connectivity index (χ0) is 13.0. The van der Waals surface area contributed by atoms with Gasteiger partial charge in [-0.15, -0.1) is 11.3 Å². The van der Waals surface area contributed by atoms with Crippen LogP contribution in [0.15, 0.2) is 5.38 Å². The number of aromatic nitrogens is 4. The molecule has 96 valence electrons. The largest absolute Gasteiger partial charge is 0.467 e. The van der Waals surface area contributed by atoms with E-state index in [0.29, 0.717) is 12.5 Å². The van der Waals surface area contributed by atoms with Crippen LogP contribution in [-0.4, -0.2) is 33.6 Å². The molecule has 2 rings (SSSR count). The molecule has 0 aliphatic heterocycles. The Morgan fingerprint density at radius 3 is 2.83 bits per heavy atom. The Morgan fingerprint density at radius 1 is 1.33 bits per heavy atom. The average molecular weight is 266 g/mol. The average Bonchev–Trinajstić information content (AvgIpc) is 2.74. The van der Waals surface area contributed by atoms with Crippen molar-refractivity contribution in [3.8, 4) is 6.01 Å². The number of thiazole rings is 1. The summed E-state index contributed by atoms with van der Waals surface area (Å²) >= 11 is 1.64. The van der Waals surface area contributed by atoms with Crippen molar-refractivity contribution in [1.82, 2.24) is 19.9 Å². The molecule has 0 bridgehead atoms. The van der Waals surface area contributed by atoms with Gasteiger partial charge in [0.15, 0.2) is 0 Å². The van der Waals surface area contributed by atoms with Crippen LogP contribution in [0.25, 0.3) is 0 Å². The minimum Gasteiger partial charge on any atom is -0.467 e. The Balaban J connectivity index is 1.91. The van der Waals surface area contributed by atoms with Crippen LogP contribution in [0.4, 0.5) is 11.9 Å². The van der Waals surface area contributed by atoms with Gasteiger partial charge in [0.1, 0.15) is 0 Å². The van der Waals surface area contributed by atoms with E-state index in [4.69, 9.17) is 10.5 Å². The molecular formula is C10H14N6OS. The molecular weight excluding hydrogens is 252 g/mol. The third kappa shape index (κ3) is 3.27. The Morgan fingerprint density at radius 2 is 2.17 bits per heavy atom. The van der Waals surface area contributed by atoms with Crippen LogP contribution in [-0.2, 0) is 6.42 Å². The Hall–Kier alpha value is -1.96. The van der Waals surface area contributed by atoms with Gasteiger partial charge in [0.25, 0.3) is 0 Å². The monoisotopic (exact) mass is 266 g/mol. The van der Waals surface area contributed by atoms with Gasteiger partial charge in [-0.2, -0.15) is 15.0 Å². The van der Waals surface area contributed by atoms with Crippen LogP contribution < -0.4 is 15.8 Å². The van der Waals surface area contributed by atoms with Crippen LogP contribution in [0.3, 0.4) is 0 Å². The van der Waals surface area contributed by atoms with Crippen molar-refractivity contribution in [2.24, 2.45) is 0 Å². The second-order valence-electron chi connectivity index (χ2n) is 3.56. The van der Waals surface area contributed by atoms with E-state index in [9.17, 15) is 0 Å². The summed E-state index contributed by atoms with van der Waals surface area (Å²) in [5.41, 5.74) is 6.57. The third-order valence-corrected chi connectivity index (χ3v) is 3.13. The molecule has 8 heteroatoms. The predicted molar refractivity (Wildman–Crippen MR) is 69.8 cm³/mol. The Labute approximate surface area is 108 Å². The van der Waals surface area contributed by atoms with E-state index >= 15 is 0 Å². The van der Waals surface area contributed by atoms with Gasteiger partial charge in [-0.3, -0.25) is 0 Å². The number of rotatable bonds is 5. The molecule has 0 atom stereocenters. The lowest BCUT2D eigenvalue weighted by atomic mass is 10.4. The summed E-state index contributed by atoms with van der Waals surface area (Å²) in [6, 6.07) is 0.204. The smallest absolute Gasteiger partial charge is 0.322 e. The minimum atomic E-state index is 0.134. The normalized spacial score (nSPS) is 10.3. The lowest BCUT2D eigenvalue weighted by Gasteiger charge is -2.05. The number of nitrogen functional groups attached to an aromatic ring is 1. The van der Waals surface area contributed by atoms with Crippen LogP contribution in [0, 0.1) is 6.92 Å². The first-order valence-electron chi connectivity index (χ1n) is 5.38. The van der Waals surface area contributed by atoms with Crippen molar-refractivity contribution in [1.29, 1.82) is 0 Å². The standard InChI is InChI=1S/C10H14N6OS/c1-6-5-18-7(13-6)3-4-12-9-14-8(11)15-10(16-9)17-2/h5H,3-4H2,1-2H3,(H3,11,12,14,15,16). The molecule has 0 radical (unpaired) electrons. The highest BCUT2D eigenvalue weighted by Gasteiger charge is 2.04. The number of hydrogen-bond donors (Lipinski definition) is 2. The van der Waals surface area contributed by atoms with E-state index in [1.54, 1.807) is 11.3 Å². The highest BCUT2D eigenvalue weighted by atomic mass is 32.1. The lowest BCUT2D eigenvalue weighted by molar-refractivity contribution is 0.379. The maximum absolute atomic E-state index is 5.53. The maximum Gasteiger partial charge on any atom is 0.322 e. The Bertz CT molecular complexity index is 529. The summed E-state index contributed by atoms with van der Waals surface area (Å²) in [6.45, 7) is 2.66. The van der Waals surface area contributed by atoms with E-state index in [0.717, 1.165) is 17.1 Å². The van der Waals surface area contributed by atoms with Gasteiger partial charge in [0, 0.05) is 24.0 Å². The second kappa shape index (κ2) is 5.58. The van der Waals surface area contributed by atoms with Crippen molar-refractivity contribution in [2.75, 3.05) is 24.7 Å². The maximum atomic E-state index is 5.53. The first-order chi connectivity index (χ1) is 8.67. The number of ether oxygens (including phenoxy) is 1. The SMILES string of the molecule is COc1nc(N)nc(NCCc2nc(C)cs2)n1. The van der Waals surface area contributed by atoms with Gasteiger partial charge in [-0.05, 0) is 6.92 Å². The van der Waals surface area contributed by atoms with Crippen LogP contribution >= 0.6 is 11.3 Å². The highest BCUT2D eigenvalue weighted by Crippen LogP contribution is 2.11. The topological polar surface area (TPSA) is 98.8 Å². The van der Waals surface area contributed by atoms with Crippen LogP contribution in [0.5, 0.6) is 6.01 Å². The number of nitrogens with zero attached hydrogens (tertiary/aromatic N) is 4. The number of aryl methyl sites for hydroxylation is 1. The van der Waals surface area contributed by atoms with Gasteiger partial charge in [0.2, 0.25) is 11.9 Å². The van der Waals surface area contributed by atoms with Crippen LogP contribution in [0.2, 0.25) is 0 Å². The molecule has 2 aromatic rings. The van der Waals surface area contributed by atoms with Crippen molar-refractivity contribution in [3.63, 3.8) is 0 Å². The molecule has 0 saturated heterocycles. The fraction of sp³-hybridized carbons (Fsp3) is 0.400. The number of nitrogens with one attached hydrogen (secondary N) is 1. The predicted octanol–water partition coefficient (Wildman–Crippen LogP) is 0.882. The quantitative estimate of drug-likeness (QED) is 0.828. The van der Waals surface area contributed by atoms with Gasteiger partial charge in [-0.1, -0.05) is 0 Å². The van der Waals surface area contributed by atoms with E-state index in [1.807, 2.05) is 12.3 Å². The van der Waals surface area contributed by atoms with Crippen molar-refractivity contribution >= 4 is 23.2 Å². The zero-order valence-electron chi connectivity index (χ0n) is 10.2. The molecule has 3 N–H and O–H groups in total. The number of nitrogens with two attached hydrogens (primary N) is 1. The van der Waals surface area contributed by atoms with Gasteiger partial charge >= 0.3 is 6.01 Å². The fourth-order valence-electron chi connectivity index (χ4n) is 1.34. The van der Waals surface area contributed by atoms with Gasteiger partial charge in [-0.25, -0.2) is 4.98 Å². The fourth-order valence-corrected chi connectivity index (χ4v) is 2.12. The molecule has 0 saturated carbocycles. The number of hydrogen-bond acceptors (Lipinski definition) is 8. The molecule has 0 aliphatic carbocycles. The molecule has 2 aromatic heterocycles. The molecule has 0 aliphatic rings. The summed E-state index contributed by atoms with van der Waals surface area (Å²) < 4.78 is 4.91. The molecule has 0 aromatic carbocycles. The minimum absolute atomic E-state index is 0.134. The molecule has 0 unspecified atom stereocenters. The first kappa shape index (κ1) is 12.5. The van der Waals surface area contributed by atoms with E-state index < -0.39 is 0 Å². The number of anilines is 2. The summed E-state index contributed by atoms with van der Waals surface area (Å²) in [5.74, 6) is 0.544. The second-order valence-corrected chi connectivity index (χ2v) is 4.51. The molecule has 7 nitrogen and oxygen atoms in total. The lowest BCUT2D eigenvalue weighted by Crippen LogP contribution is -2.10. The van der Waals surface area contributed by atoms with Crippen LogP contribution in [0.1, 0.15) is 10.7 Å². The third-order valence-electron chi connectivity index (χ3n) is 2.10. The zero-order valence-corrected chi connectivity index (χ0v) is 11.0. The highest BCUT2D eigenvalue weighted by molar-refractivity contribution is 7.09. The van der Waals surface area contributed by atoms with E-state index in [2.05, 4.69) is 25.3 Å². The van der Waals surface area contributed by atoms with E-state index in [-0.39, 0.29) is 12.0 Å². The van der Waals surface area contributed by atoms with Crippen molar-refractivity contribution in [3.05, 3.63) is 16.1 Å². The summed E-state index contributed by atoms with van der Waals surface area (Å²) in [6.07, 6.45) is 0.812. The van der Waals surface area contributed by atoms with Crippen molar-refractivity contribution in [2.45, 2.75) is 13.3 Å². The first-order valence-corrected chi connectivity index (χ1v) is 6.26. The number of methoxy groups -OCH3 is 1. The molecule has 18 heavy (non-hydrogen) atoms. The summed E-state index contributed by atoms with van der Waals surface area (Å²) in [4.78, 5) is 16.2. The molecule has 0 amide bonds. The van der Waals surface area contributed by atoms with Gasteiger partial charge in [0.05, 0.1) is 12.1 Å². The molecule has 0 fully saturated rings. The summed E-state index contributed by atoms with van der Waals surface area (Å²) in [7, 11) is 1.48.